The van der Waals surface area contributed by atoms with E-state index in [-0.39, 0.29) is 6.10 Å². The van der Waals surface area contributed by atoms with Crippen LogP contribution in [0.5, 0.6) is 0 Å². The molecule has 0 saturated carbocycles. The van der Waals surface area contributed by atoms with Gasteiger partial charge in [0.05, 0.1) is 0 Å². The third kappa shape index (κ3) is 2.27. The van der Waals surface area contributed by atoms with Gasteiger partial charge in [0.1, 0.15) is 0 Å². The van der Waals surface area contributed by atoms with Crippen LogP contribution in [-0.4, -0.2) is 25.7 Å². The second-order valence-corrected chi connectivity index (χ2v) is 3.32. The van der Waals surface area contributed by atoms with E-state index in [2.05, 4.69) is 0 Å². The Labute approximate surface area is 87.8 Å². The van der Waals surface area contributed by atoms with Crippen molar-refractivity contribution in [3.63, 3.8) is 0 Å². The van der Waals surface area contributed by atoms with Gasteiger partial charge >= 0.3 is 6.16 Å². The highest BCUT2D eigenvalue weighted by Gasteiger charge is 2.36. The normalized spacial score (nSPS) is 24.7. The summed E-state index contributed by atoms with van der Waals surface area (Å²) in [6.07, 6.45) is -1.02. The van der Waals surface area contributed by atoms with Gasteiger partial charge in [0.2, 0.25) is 6.29 Å². The zero-order valence-electron chi connectivity index (χ0n) is 8.38. The largest absolute Gasteiger partial charge is 0.511 e. The zero-order chi connectivity index (χ0) is 10.7. The summed E-state index contributed by atoms with van der Waals surface area (Å²) < 4.78 is 14.8. The summed E-state index contributed by atoms with van der Waals surface area (Å²) in [7, 11) is 1.49. The zero-order valence-corrected chi connectivity index (χ0v) is 8.38. The van der Waals surface area contributed by atoms with Gasteiger partial charge in [0.15, 0.2) is 6.10 Å². The van der Waals surface area contributed by atoms with Gasteiger partial charge in [-0.3, -0.25) is 0 Å². The second kappa shape index (κ2) is 4.31. The maximum absolute atomic E-state index is 10.9. The van der Waals surface area contributed by atoms with Crippen molar-refractivity contribution >= 4 is 6.16 Å². The van der Waals surface area contributed by atoms with Gasteiger partial charge < -0.3 is 14.2 Å². The van der Waals surface area contributed by atoms with Gasteiger partial charge in [-0.1, -0.05) is 30.3 Å². The SMILES string of the molecule is COC1OC(=O)OC1Cc1ccccc1. The molecule has 1 aliphatic rings. The van der Waals surface area contributed by atoms with Gasteiger partial charge in [0.25, 0.3) is 0 Å². The molecule has 4 heteroatoms. The minimum Gasteiger partial charge on any atom is -0.424 e. The number of carbonyl (C=O) groups excluding carboxylic acids is 1. The summed E-state index contributed by atoms with van der Waals surface area (Å²) in [6, 6.07) is 9.76. The quantitative estimate of drug-likeness (QED) is 0.710. The minimum atomic E-state index is -0.664. The van der Waals surface area contributed by atoms with Crippen molar-refractivity contribution in [3.05, 3.63) is 35.9 Å². The summed E-state index contributed by atoms with van der Waals surface area (Å²) in [5.74, 6) is 0. The van der Waals surface area contributed by atoms with Crippen LogP contribution < -0.4 is 0 Å². The van der Waals surface area contributed by atoms with Gasteiger partial charge in [-0.05, 0) is 5.56 Å². The highest BCUT2D eigenvalue weighted by Crippen LogP contribution is 2.19. The molecule has 4 nitrogen and oxygen atoms in total. The van der Waals surface area contributed by atoms with Crippen LogP contribution in [0.4, 0.5) is 4.79 Å². The van der Waals surface area contributed by atoms with E-state index >= 15 is 0 Å². The van der Waals surface area contributed by atoms with Gasteiger partial charge in [-0.25, -0.2) is 4.79 Å². The highest BCUT2D eigenvalue weighted by molar-refractivity contribution is 5.62. The van der Waals surface area contributed by atoms with Crippen LogP contribution in [-0.2, 0) is 20.6 Å². The Balaban J connectivity index is 2.03. The Kier molecular flexibility index (Phi) is 2.87. The topological polar surface area (TPSA) is 44.8 Å². The third-order valence-corrected chi connectivity index (χ3v) is 2.28. The van der Waals surface area contributed by atoms with E-state index in [1.807, 2.05) is 30.3 Å². The van der Waals surface area contributed by atoms with E-state index in [4.69, 9.17) is 14.2 Å². The Morgan fingerprint density at radius 3 is 2.67 bits per heavy atom. The molecule has 1 aromatic rings. The summed E-state index contributed by atoms with van der Waals surface area (Å²) in [6.45, 7) is 0. The van der Waals surface area contributed by atoms with E-state index in [1.165, 1.54) is 7.11 Å². The second-order valence-electron chi connectivity index (χ2n) is 3.32. The molecule has 0 aromatic heterocycles. The summed E-state index contributed by atoms with van der Waals surface area (Å²) in [4.78, 5) is 10.9. The fourth-order valence-electron chi connectivity index (χ4n) is 1.56. The Morgan fingerprint density at radius 1 is 1.27 bits per heavy atom. The molecule has 2 rings (SSSR count). The molecule has 1 fully saturated rings. The molecule has 0 bridgehead atoms. The lowest BCUT2D eigenvalue weighted by atomic mass is 10.1. The molecule has 2 unspecified atom stereocenters. The van der Waals surface area contributed by atoms with Crippen LogP contribution in [0.15, 0.2) is 30.3 Å². The van der Waals surface area contributed by atoms with Gasteiger partial charge in [-0.15, -0.1) is 0 Å². The van der Waals surface area contributed by atoms with E-state index in [0.29, 0.717) is 6.42 Å². The Morgan fingerprint density at radius 2 is 2.00 bits per heavy atom. The smallest absolute Gasteiger partial charge is 0.424 e. The van der Waals surface area contributed by atoms with E-state index < -0.39 is 12.4 Å². The van der Waals surface area contributed by atoms with Crippen LogP contribution in [0.25, 0.3) is 0 Å². The minimum absolute atomic E-state index is 0.357. The number of ether oxygens (including phenoxy) is 3. The van der Waals surface area contributed by atoms with E-state index in [0.717, 1.165) is 5.56 Å². The standard InChI is InChI=1S/C11H12O4/c1-13-10-9(14-11(12)15-10)7-8-5-3-2-4-6-8/h2-6,9-10H,7H2,1H3. The first kappa shape index (κ1) is 9.98. The highest BCUT2D eigenvalue weighted by atomic mass is 16.8. The number of carbonyl (C=O) groups is 1. The van der Waals surface area contributed by atoms with Crippen molar-refractivity contribution in [1.82, 2.24) is 0 Å². The first-order valence-electron chi connectivity index (χ1n) is 4.73. The first-order valence-corrected chi connectivity index (χ1v) is 4.73. The van der Waals surface area contributed by atoms with Crippen LogP contribution in [0.2, 0.25) is 0 Å². The van der Waals surface area contributed by atoms with E-state index in [1.54, 1.807) is 0 Å². The van der Waals surface area contributed by atoms with Gasteiger partial charge in [-0.2, -0.15) is 0 Å². The monoisotopic (exact) mass is 208 g/mol. The molecule has 2 atom stereocenters. The predicted octanol–water partition coefficient (Wildman–Crippen LogP) is 1.74. The van der Waals surface area contributed by atoms with Crippen LogP contribution in [0.1, 0.15) is 5.56 Å². The molecule has 1 aromatic carbocycles. The van der Waals surface area contributed by atoms with Gasteiger partial charge in [0, 0.05) is 13.5 Å². The average molecular weight is 208 g/mol. The third-order valence-electron chi connectivity index (χ3n) is 2.28. The van der Waals surface area contributed by atoms with E-state index in [9.17, 15) is 4.79 Å². The molecular formula is C11H12O4. The maximum Gasteiger partial charge on any atom is 0.511 e. The maximum atomic E-state index is 10.9. The van der Waals surface area contributed by atoms with Crippen molar-refractivity contribution in [2.45, 2.75) is 18.8 Å². The molecule has 0 radical (unpaired) electrons. The molecule has 15 heavy (non-hydrogen) atoms. The molecule has 0 aliphatic carbocycles. The summed E-state index contributed by atoms with van der Waals surface area (Å²) in [5.41, 5.74) is 1.09. The van der Waals surface area contributed by atoms with Crippen molar-refractivity contribution in [1.29, 1.82) is 0 Å². The number of hydrogen-bond acceptors (Lipinski definition) is 4. The van der Waals surface area contributed by atoms with Crippen molar-refractivity contribution in [2.24, 2.45) is 0 Å². The summed E-state index contributed by atoms with van der Waals surface area (Å²) in [5, 5.41) is 0. The first-order chi connectivity index (χ1) is 7.29. The number of cyclic esters (lactones) is 2. The van der Waals surface area contributed by atoms with Crippen molar-refractivity contribution < 1.29 is 19.0 Å². The number of methoxy groups -OCH3 is 1. The average Bonchev–Trinajstić information content (AvgIpc) is 2.60. The molecular weight excluding hydrogens is 196 g/mol. The number of benzene rings is 1. The molecule has 0 N–H and O–H groups in total. The molecule has 1 heterocycles. The molecule has 0 spiro atoms. The molecule has 0 amide bonds. The lowest BCUT2D eigenvalue weighted by molar-refractivity contribution is -0.0762. The number of rotatable bonds is 3. The van der Waals surface area contributed by atoms with Crippen molar-refractivity contribution in [3.8, 4) is 0 Å². The number of hydrogen-bond donors (Lipinski definition) is 0. The summed E-state index contributed by atoms with van der Waals surface area (Å²) >= 11 is 0. The fourth-order valence-corrected chi connectivity index (χ4v) is 1.56. The fraction of sp³-hybridized carbons (Fsp3) is 0.364. The lowest BCUT2D eigenvalue weighted by Gasteiger charge is -2.13. The molecule has 1 aliphatic heterocycles. The predicted molar refractivity (Wildman–Crippen MR) is 52.3 cm³/mol. The van der Waals surface area contributed by atoms with Crippen LogP contribution in [0.3, 0.4) is 0 Å². The Hall–Kier alpha value is -1.55. The van der Waals surface area contributed by atoms with Crippen molar-refractivity contribution in [2.75, 3.05) is 7.11 Å². The van der Waals surface area contributed by atoms with Crippen LogP contribution >= 0.6 is 0 Å². The molecule has 1 saturated heterocycles. The lowest BCUT2D eigenvalue weighted by Crippen LogP contribution is -2.26. The molecule has 80 valence electrons. The van der Waals surface area contributed by atoms with Crippen LogP contribution in [0, 0.1) is 0 Å². The Bertz CT molecular complexity index is 336.